The van der Waals surface area contributed by atoms with Crippen LogP contribution >= 0.6 is 0 Å². The standard InChI is InChI=1S/C29H32O19/c30-10-3-12(31)11-5-17(26(45-16(11)4-10)9-1-13(32)21(38)14(33)2-9)46-29-27(48-28-25(42)22(39)15(34)7-44-28)24(41)23(40)18(47-29)8-43-20(37)6-19(35)36/h1-5,15,18,22-34,38-42H,6-8H2,(H,35,36)/p+1/t15-,18-,22+,23-,24-,25-,26?,27+,28+,29-/m1/s1. The summed E-state index contributed by atoms with van der Waals surface area (Å²) in [6, 6.07) is 4.22. The van der Waals surface area contributed by atoms with Crippen LogP contribution in [0.4, 0.5) is 0 Å². The van der Waals surface area contributed by atoms with Gasteiger partial charge in [-0.2, -0.15) is 0 Å². The van der Waals surface area contributed by atoms with E-state index < -0.39 is 116 Å². The van der Waals surface area contributed by atoms with Gasteiger partial charge in [-0.05, 0) is 12.1 Å². The second-order valence-corrected chi connectivity index (χ2v) is 11.1. The molecule has 0 radical (unpaired) electrons. The van der Waals surface area contributed by atoms with Gasteiger partial charge >= 0.3 is 11.9 Å². The Hall–Kier alpha value is -4.60. The van der Waals surface area contributed by atoms with Gasteiger partial charge in [0.15, 0.2) is 35.4 Å². The number of carbonyl (C=O) groups excluding carboxylic acids is 1. The molecule has 2 aromatic carbocycles. The lowest BCUT2D eigenvalue weighted by molar-refractivity contribution is -0.353. The molecule has 19 heteroatoms. The van der Waals surface area contributed by atoms with Crippen molar-refractivity contribution < 1.29 is 94.2 Å². The summed E-state index contributed by atoms with van der Waals surface area (Å²) in [7, 11) is 0. The minimum Gasteiger partial charge on any atom is -0.571 e. The number of rotatable bonds is 9. The van der Waals surface area contributed by atoms with Crippen LogP contribution in [-0.4, -0.2) is 141 Å². The molecular weight excluding hydrogens is 652 g/mol. The highest BCUT2D eigenvalue weighted by Gasteiger charge is 2.51. The molecule has 48 heavy (non-hydrogen) atoms. The molecule has 10 atom stereocenters. The number of phenols is 5. The fourth-order valence-corrected chi connectivity index (χ4v) is 5.23. The minimum absolute atomic E-state index is 0.00225. The zero-order valence-electron chi connectivity index (χ0n) is 24.5. The molecule has 262 valence electrons. The van der Waals surface area contributed by atoms with Crippen LogP contribution in [0.25, 0.3) is 6.08 Å². The maximum absolute atomic E-state index is 11.9. The van der Waals surface area contributed by atoms with Crippen molar-refractivity contribution in [3.05, 3.63) is 41.2 Å². The summed E-state index contributed by atoms with van der Waals surface area (Å²) in [5, 5.41) is 112. The number of ether oxygens (including phenoxy) is 6. The van der Waals surface area contributed by atoms with Gasteiger partial charge in [-0.1, -0.05) is 0 Å². The third kappa shape index (κ3) is 7.12. The van der Waals surface area contributed by atoms with E-state index in [-0.39, 0.29) is 28.4 Å². The van der Waals surface area contributed by atoms with Crippen molar-refractivity contribution in [1.29, 1.82) is 0 Å². The molecule has 0 spiro atoms. The maximum atomic E-state index is 11.9. The average molecular weight is 686 g/mol. The molecule has 0 amide bonds. The normalized spacial score (nSPS) is 31.6. The van der Waals surface area contributed by atoms with Crippen molar-refractivity contribution in [1.82, 2.24) is 0 Å². The monoisotopic (exact) mass is 685 g/mol. The highest BCUT2D eigenvalue weighted by atomic mass is 16.8. The first-order valence-electron chi connectivity index (χ1n) is 14.2. The van der Waals surface area contributed by atoms with Crippen LogP contribution in [0.5, 0.6) is 34.5 Å². The number of carboxylic acid groups (broad SMARTS) is 1. The van der Waals surface area contributed by atoms with E-state index in [0.717, 1.165) is 18.2 Å². The number of esters is 1. The number of aliphatic carboxylic acids is 1. The van der Waals surface area contributed by atoms with Crippen molar-refractivity contribution in [2.45, 2.75) is 67.8 Å². The third-order valence-corrected chi connectivity index (χ3v) is 7.70. The van der Waals surface area contributed by atoms with Crippen LogP contribution in [0, 0.1) is 0 Å². The third-order valence-electron chi connectivity index (χ3n) is 7.70. The van der Waals surface area contributed by atoms with Gasteiger partial charge in [0.1, 0.15) is 66.7 Å². The molecule has 3 aliphatic rings. The van der Waals surface area contributed by atoms with Crippen LogP contribution in [0.2, 0.25) is 0 Å². The van der Waals surface area contributed by atoms with Gasteiger partial charge in [0.25, 0.3) is 11.9 Å². The van der Waals surface area contributed by atoms with E-state index >= 15 is 0 Å². The molecule has 0 aromatic heterocycles. The highest BCUT2D eigenvalue weighted by Crippen LogP contribution is 2.48. The second-order valence-electron chi connectivity index (χ2n) is 11.1. The molecule has 2 saturated heterocycles. The van der Waals surface area contributed by atoms with Crippen molar-refractivity contribution in [2.24, 2.45) is 0 Å². The van der Waals surface area contributed by atoms with Gasteiger partial charge in [-0.15, -0.1) is 0 Å². The zero-order chi connectivity index (χ0) is 35.0. The first-order valence-corrected chi connectivity index (χ1v) is 14.2. The van der Waals surface area contributed by atoms with E-state index in [1.165, 1.54) is 12.1 Å². The summed E-state index contributed by atoms with van der Waals surface area (Å²) in [5.74, 6) is -6.15. The molecule has 1 unspecified atom stereocenters. The summed E-state index contributed by atoms with van der Waals surface area (Å²) < 4.78 is 32.1. The number of fused-ring (bicyclic) bond motifs is 1. The number of carbonyl (C=O) groups is 2. The fourth-order valence-electron chi connectivity index (χ4n) is 5.23. The van der Waals surface area contributed by atoms with E-state index in [4.69, 9.17) is 28.8 Å². The summed E-state index contributed by atoms with van der Waals surface area (Å²) in [4.78, 5) is 22.8. The molecular formula is C29H33O19+. The Bertz CT molecular complexity index is 1540. The van der Waals surface area contributed by atoms with E-state index in [0.29, 0.717) is 0 Å². The Labute approximate surface area is 269 Å². The van der Waals surface area contributed by atoms with Crippen LogP contribution in [0.1, 0.15) is 23.7 Å². The van der Waals surface area contributed by atoms with Gasteiger partial charge in [-0.3, -0.25) is 9.59 Å². The molecule has 3 aliphatic heterocycles. The summed E-state index contributed by atoms with van der Waals surface area (Å²) in [5.41, 5.74) is -0.0129. The summed E-state index contributed by atoms with van der Waals surface area (Å²) >= 11 is 0. The smallest absolute Gasteiger partial charge is 0.317 e. The maximum Gasteiger partial charge on any atom is 0.317 e. The van der Waals surface area contributed by atoms with Crippen LogP contribution in [0.15, 0.2) is 30.0 Å². The molecule has 0 saturated carbocycles. The van der Waals surface area contributed by atoms with E-state index in [2.05, 4.69) is 4.74 Å². The van der Waals surface area contributed by atoms with E-state index in [1.807, 2.05) is 0 Å². The molecule has 5 rings (SSSR count). The lowest BCUT2D eigenvalue weighted by atomic mass is 9.97. The van der Waals surface area contributed by atoms with Gasteiger partial charge < -0.3 is 84.6 Å². The largest absolute Gasteiger partial charge is 0.571 e. The Morgan fingerprint density at radius 3 is 2.21 bits per heavy atom. The molecule has 19 nitrogen and oxygen atoms in total. The van der Waals surface area contributed by atoms with Gasteiger partial charge in [-0.25, -0.2) is 0 Å². The first-order chi connectivity index (χ1) is 22.6. The summed E-state index contributed by atoms with van der Waals surface area (Å²) in [6.45, 7) is -1.30. The van der Waals surface area contributed by atoms with Crippen LogP contribution in [0.3, 0.4) is 0 Å². The molecule has 0 bridgehead atoms. The van der Waals surface area contributed by atoms with E-state index in [9.17, 15) is 60.7 Å². The number of hydrogen-bond donors (Lipinski definition) is 11. The number of aliphatic hydroxyl groups excluding tert-OH is 5. The van der Waals surface area contributed by atoms with Crippen molar-refractivity contribution >= 4 is 18.0 Å². The predicted molar refractivity (Wildman–Crippen MR) is 151 cm³/mol. The average Bonchev–Trinajstić information content (AvgIpc) is 3.02. The highest BCUT2D eigenvalue weighted by molar-refractivity contribution is 5.90. The predicted octanol–water partition coefficient (Wildman–Crippen LogP) is -2.14. The van der Waals surface area contributed by atoms with Gasteiger partial charge in [0, 0.05) is 12.1 Å². The number of aliphatic hydroxyl groups is 6. The number of hydrogen-bond acceptors (Lipinski definition) is 17. The number of phenolic OH excluding ortho intramolecular Hbond substituents is 5. The molecule has 2 fully saturated rings. The molecule has 2 aromatic rings. The van der Waals surface area contributed by atoms with Crippen molar-refractivity contribution in [2.75, 3.05) is 13.2 Å². The topological polar surface area (TPSA) is 316 Å². The quantitative estimate of drug-likeness (QED) is 0.0580. The Morgan fingerprint density at radius 1 is 0.854 bits per heavy atom. The van der Waals surface area contributed by atoms with Gasteiger partial charge in [0.2, 0.25) is 6.29 Å². The Balaban J connectivity index is 1.52. The molecule has 3 heterocycles. The first kappa shape index (κ1) is 34.7. The lowest BCUT2D eigenvalue weighted by Crippen LogP contribution is -2.63. The SMILES string of the molecule is O=C(O)CC(=O)OC[C@H]1O[C@@H](OC2=Cc3c(O)cc(O)cc3[OH+]C2c2cc(O)c(O)c(O)c2)[C@@H](O[C@@H]2OC[C@@H](O)[C@H](O)[C@H]2O)[C@H](O)[C@@H]1O. The zero-order valence-corrected chi connectivity index (χ0v) is 24.5. The Kier molecular flexibility index (Phi) is 10.0. The number of carboxylic acids is 1. The summed E-state index contributed by atoms with van der Waals surface area (Å²) in [6.07, 6.45) is -17.1. The second kappa shape index (κ2) is 13.9. The van der Waals surface area contributed by atoms with Crippen molar-refractivity contribution in [3.63, 3.8) is 0 Å². The lowest BCUT2D eigenvalue weighted by Gasteiger charge is -2.45. The molecule has 12 N–H and O–H groups in total. The van der Waals surface area contributed by atoms with Crippen LogP contribution in [-0.2, 0) is 33.3 Å². The number of aromatic hydroxyl groups is 6. The Morgan fingerprint density at radius 2 is 1.54 bits per heavy atom. The molecule has 0 aliphatic carbocycles. The van der Waals surface area contributed by atoms with Crippen molar-refractivity contribution in [3.8, 4) is 34.5 Å². The van der Waals surface area contributed by atoms with Gasteiger partial charge in [0.05, 0.1) is 18.2 Å². The van der Waals surface area contributed by atoms with Crippen LogP contribution < -0.4 is 0 Å². The van der Waals surface area contributed by atoms with E-state index in [1.54, 1.807) is 0 Å². The minimum atomic E-state index is -1.98. The number of benzene rings is 2. The fraction of sp³-hybridized carbons (Fsp3) is 0.448.